The van der Waals surface area contributed by atoms with E-state index in [-0.39, 0.29) is 18.4 Å². The van der Waals surface area contributed by atoms with Crippen LogP contribution in [0.25, 0.3) is 11.0 Å². The van der Waals surface area contributed by atoms with Crippen LogP contribution in [0.2, 0.25) is 0 Å². The summed E-state index contributed by atoms with van der Waals surface area (Å²) in [7, 11) is 1.57. The minimum absolute atomic E-state index is 0.0266. The number of carbonyl (C=O) groups excluding carboxylic acids is 2. The first kappa shape index (κ1) is 22.5. The van der Waals surface area contributed by atoms with E-state index in [1.807, 2.05) is 24.3 Å². The Morgan fingerprint density at radius 2 is 2.03 bits per heavy atom. The molecule has 2 amide bonds. The van der Waals surface area contributed by atoms with Gasteiger partial charge >= 0.3 is 0 Å². The Kier molecular flexibility index (Phi) is 7.77. The fraction of sp³-hybridized carbons (Fsp3) is 0.455. The Labute approximate surface area is 181 Å². The lowest BCUT2D eigenvalue weighted by atomic mass is 10.1. The minimum atomic E-state index is -0.882. The molecule has 9 nitrogen and oxygen atoms in total. The van der Waals surface area contributed by atoms with Gasteiger partial charge in [0.15, 0.2) is 6.04 Å². The monoisotopic (exact) mass is 427 g/mol. The summed E-state index contributed by atoms with van der Waals surface area (Å²) in [5.41, 5.74) is 1.47. The third-order valence-electron chi connectivity index (χ3n) is 4.95. The van der Waals surface area contributed by atoms with Crippen molar-refractivity contribution in [2.45, 2.75) is 32.9 Å². The van der Waals surface area contributed by atoms with E-state index in [2.05, 4.69) is 29.5 Å². The maximum Gasteiger partial charge on any atom is 0.250 e. The number of para-hydroxylation sites is 1. The van der Waals surface area contributed by atoms with Gasteiger partial charge in [0, 0.05) is 20.2 Å². The summed E-state index contributed by atoms with van der Waals surface area (Å²) in [6, 6.07) is 9.99. The van der Waals surface area contributed by atoms with Gasteiger partial charge in [0.25, 0.3) is 5.91 Å². The van der Waals surface area contributed by atoms with E-state index in [9.17, 15) is 9.59 Å². The van der Waals surface area contributed by atoms with Gasteiger partial charge in [0.2, 0.25) is 5.91 Å². The number of benzene rings is 1. The molecule has 2 aromatic heterocycles. The first-order valence-corrected chi connectivity index (χ1v) is 10.4. The molecular weight excluding hydrogens is 398 g/mol. The molecular formula is C22H29N5O4. The van der Waals surface area contributed by atoms with Crippen molar-refractivity contribution in [3.05, 3.63) is 48.4 Å². The number of methoxy groups -OCH3 is 1. The van der Waals surface area contributed by atoms with Crippen LogP contribution in [-0.2, 0) is 20.9 Å². The number of rotatable bonds is 11. The smallest absolute Gasteiger partial charge is 0.250 e. The molecule has 1 aromatic carbocycles. The van der Waals surface area contributed by atoms with Crippen molar-refractivity contribution in [1.29, 1.82) is 0 Å². The van der Waals surface area contributed by atoms with Gasteiger partial charge < -0.3 is 19.4 Å². The highest BCUT2D eigenvalue weighted by molar-refractivity contribution is 5.88. The Balaban J connectivity index is 1.88. The Morgan fingerprint density at radius 3 is 2.74 bits per heavy atom. The maximum atomic E-state index is 13.4. The van der Waals surface area contributed by atoms with Crippen LogP contribution in [0.3, 0.4) is 0 Å². The van der Waals surface area contributed by atoms with Gasteiger partial charge in [-0.1, -0.05) is 31.2 Å². The molecule has 0 aliphatic heterocycles. The van der Waals surface area contributed by atoms with Crippen LogP contribution < -0.4 is 5.32 Å². The van der Waals surface area contributed by atoms with Gasteiger partial charge in [-0.05, 0) is 36.6 Å². The molecule has 3 aromatic rings. The lowest BCUT2D eigenvalue weighted by Gasteiger charge is -2.30. The molecule has 1 N–H and O–H groups in total. The van der Waals surface area contributed by atoms with Crippen molar-refractivity contribution in [3.8, 4) is 0 Å². The molecule has 0 fully saturated rings. The average molecular weight is 428 g/mol. The zero-order chi connectivity index (χ0) is 22.2. The topological polar surface area (TPSA) is 102 Å². The van der Waals surface area contributed by atoms with Crippen molar-refractivity contribution >= 4 is 22.8 Å². The first-order chi connectivity index (χ1) is 15.0. The zero-order valence-corrected chi connectivity index (χ0v) is 18.2. The second-order valence-electron chi connectivity index (χ2n) is 7.71. The Hall–Kier alpha value is -3.20. The van der Waals surface area contributed by atoms with Gasteiger partial charge in [0.1, 0.15) is 17.8 Å². The van der Waals surface area contributed by atoms with Gasteiger partial charge in [0.05, 0.1) is 18.4 Å². The average Bonchev–Trinajstić information content (AvgIpc) is 3.41. The second-order valence-corrected chi connectivity index (χ2v) is 7.71. The Morgan fingerprint density at radius 1 is 1.23 bits per heavy atom. The van der Waals surface area contributed by atoms with Crippen LogP contribution in [0.5, 0.6) is 0 Å². The van der Waals surface area contributed by atoms with Crippen LogP contribution >= 0.6 is 0 Å². The standard InChI is InChI=1S/C22H29N5O4/c1-16(2)10-12-26(20(28)15-27-18-8-5-4-7-17(18)24-25-27)21(19-9-6-13-31-19)22(29)23-11-14-30-3/h4-9,13,16,21H,10-12,14-15H2,1-3H3,(H,23,29)/t21-/m1/s1. The van der Waals surface area contributed by atoms with Crippen molar-refractivity contribution in [1.82, 2.24) is 25.2 Å². The zero-order valence-electron chi connectivity index (χ0n) is 18.2. The van der Waals surface area contributed by atoms with Crippen LogP contribution in [0, 0.1) is 5.92 Å². The largest absolute Gasteiger partial charge is 0.467 e. The highest BCUT2D eigenvalue weighted by atomic mass is 16.5. The van der Waals surface area contributed by atoms with E-state index < -0.39 is 6.04 Å². The SMILES string of the molecule is COCCNC(=O)[C@@H](c1ccco1)N(CCC(C)C)C(=O)Cn1nnc2ccccc21. The van der Waals surface area contributed by atoms with Crippen LogP contribution in [0.15, 0.2) is 47.1 Å². The van der Waals surface area contributed by atoms with Gasteiger partial charge in [-0.2, -0.15) is 0 Å². The molecule has 0 aliphatic rings. The maximum absolute atomic E-state index is 13.4. The van der Waals surface area contributed by atoms with Crippen molar-refractivity contribution < 1.29 is 18.7 Å². The fourth-order valence-corrected chi connectivity index (χ4v) is 3.29. The molecule has 166 valence electrons. The molecule has 0 spiro atoms. The molecule has 2 heterocycles. The summed E-state index contributed by atoms with van der Waals surface area (Å²) < 4.78 is 12.1. The predicted octanol–water partition coefficient (Wildman–Crippen LogP) is 2.40. The van der Waals surface area contributed by atoms with E-state index >= 15 is 0 Å². The molecule has 31 heavy (non-hydrogen) atoms. The van der Waals surface area contributed by atoms with E-state index in [0.717, 1.165) is 11.9 Å². The van der Waals surface area contributed by atoms with E-state index in [0.29, 0.717) is 36.9 Å². The quantitative estimate of drug-likeness (QED) is 0.472. The lowest BCUT2D eigenvalue weighted by molar-refractivity contribution is -0.142. The van der Waals surface area contributed by atoms with Crippen molar-refractivity contribution in [2.24, 2.45) is 5.92 Å². The molecule has 0 unspecified atom stereocenters. The number of nitrogens with one attached hydrogen (secondary N) is 1. The fourth-order valence-electron chi connectivity index (χ4n) is 3.29. The summed E-state index contributed by atoms with van der Waals surface area (Å²) in [4.78, 5) is 28.1. The number of nitrogens with zero attached hydrogens (tertiary/aromatic N) is 4. The number of hydrogen-bond donors (Lipinski definition) is 1. The van der Waals surface area contributed by atoms with Crippen LogP contribution in [0.1, 0.15) is 32.1 Å². The van der Waals surface area contributed by atoms with E-state index in [1.165, 1.54) is 6.26 Å². The summed E-state index contributed by atoms with van der Waals surface area (Å²) in [6.07, 6.45) is 2.24. The molecule has 0 aliphatic carbocycles. The van der Waals surface area contributed by atoms with E-state index in [1.54, 1.807) is 28.8 Å². The molecule has 0 saturated carbocycles. The lowest BCUT2D eigenvalue weighted by Crippen LogP contribution is -2.46. The number of amides is 2. The number of hydrogen-bond acceptors (Lipinski definition) is 6. The summed E-state index contributed by atoms with van der Waals surface area (Å²) in [6.45, 7) is 5.25. The van der Waals surface area contributed by atoms with E-state index in [4.69, 9.17) is 9.15 Å². The molecule has 3 rings (SSSR count). The first-order valence-electron chi connectivity index (χ1n) is 10.4. The van der Waals surface area contributed by atoms with Gasteiger partial charge in [-0.3, -0.25) is 9.59 Å². The number of fused-ring (bicyclic) bond motifs is 1. The molecule has 9 heteroatoms. The van der Waals surface area contributed by atoms with Crippen molar-refractivity contribution in [3.63, 3.8) is 0 Å². The van der Waals surface area contributed by atoms with Gasteiger partial charge in [-0.15, -0.1) is 5.10 Å². The number of aromatic nitrogens is 3. The van der Waals surface area contributed by atoms with Gasteiger partial charge in [-0.25, -0.2) is 4.68 Å². The normalized spacial score (nSPS) is 12.3. The Bertz CT molecular complexity index is 983. The van der Waals surface area contributed by atoms with Crippen molar-refractivity contribution in [2.75, 3.05) is 26.8 Å². The number of ether oxygens (including phenoxy) is 1. The molecule has 0 radical (unpaired) electrons. The number of carbonyl (C=O) groups is 2. The highest BCUT2D eigenvalue weighted by Crippen LogP contribution is 2.24. The third-order valence-corrected chi connectivity index (χ3v) is 4.95. The third kappa shape index (κ3) is 5.69. The van der Waals surface area contributed by atoms with Crippen LogP contribution in [0.4, 0.5) is 0 Å². The second kappa shape index (κ2) is 10.7. The highest BCUT2D eigenvalue weighted by Gasteiger charge is 2.33. The summed E-state index contributed by atoms with van der Waals surface area (Å²) in [5.74, 6) is 0.221. The predicted molar refractivity (Wildman–Crippen MR) is 115 cm³/mol. The van der Waals surface area contributed by atoms with Crippen LogP contribution in [-0.4, -0.2) is 58.5 Å². The summed E-state index contributed by atoms with van der Waals surface area (Å²) >= 11 is 0. The molecule has 0 saturated heterocycles. The number of furan rings is 1. The molecule has 0 bridgehead atoms. The minimum Gasteiger partial charge on any atom is -0.467 e. The summed E-state index contributed by atoms with van der Waals surface area (Å²) in [5, 5.41) is 11.1. The molecule has 1 atom stereocenters.